The van der Waals surface area contributed by atoms with Crippen LogP contribution in [0.15, 0.2) is 22.9 Å². The number of nitrogens with two attached hydrogens (primary N) is 1. The second-order valence-electron chi connectivity index (χ2n) is 4.12. The second-order valence-corrected chi connectivity index (χ2v) is 4.12. The summed E-state index contributed by atoms with van der Waals surface area (Å²) in [6, 6.07) is 2.02. The van der Waals surface area contributed by atoms with Crippen LogP contribution < -0.4 is 5.73 Å². The minimum Gasteiger partial charge on any atom is -0.380 e. The minimum absolute atomic E-state index is 0.417. The maximum Gasteiger partial charge on any atom is 0.259 e. The van der Waals surface area contributed by atoms with Crippen molar-refractivity contribution in [3.63, 3.8) is 0 Å². The third-order valence-corrected chi connectivity index (χ3v) is 3.02. The molecule has 82 valence electrons. The molecule has 1 aliphatic carbocycles. The first kappa shape index (κ1) is 9.39. The van der Waals surface area contributed by atoms with Crippen molar-refractivity contribution in [3.05, 3.63) is 23.9 Å². The number of fused-ring (bicyclic) bond motifs is 1. The Hall–Kier alpha value is -1.84. The first-order valence-corrected chi connectivity index (χ1v) is 5.55. The average molecular weight is 215 g/mol. The highest BCUT2D eigenvalue weighted by atomic mass is 16.5. The zero-order chi connectivity index (χ0) is 11.0. The van der Waals surface area contributed by atoms with Gasteiger partial charge in [-0.3, -0.25) is 0 Å². The SMILES string of the molecule is Nc1noc2ncc(C3=CCCCC3)cc12. The van der Waals surface area contributed by atoms with Gasteiger partial charge in [0.2, 0.25) is 0 Å². The average Bonchev–Trinajstić information content (AvgIpc) is 2.72. The first-order valence-electron chi connectivity index (χ1n) is 5.55. The topological polar surface area (TPSA) is 64.9 Å². The number of aromatic nitrogens is 2. The van der Waals surface area contributed by atoms with Crippen LogP contribution in [0.3, 0.4) is 0 Å². The molecule has 0 unspecified atom stereocenters. The van der Waals surface area contributed by atoms with Crippen molar-refractivity contribution >= 4 is 22.5 Å². The van der Waals surface area contributed by atoms with Crippen LogP contribution in [0.5, 0.6) is 0 Å². The smallest absolute Gasteiger partial charge is 0.259 e. The summed E-state index contributed by atoms with van der Waals surface area (Å²) in [4.78, 5) is 4.23. The van der Waals surface area contributed by atoms with Crippen LogP contribution in [0.25, 0.3) is 16.7 Å². The lowest BCUT2D eigenvalue weighted by molar-refractivity contribution is 0.452. The van der Waals surface area contributed by atoms with E-state index in [1.54, 1.807) is 0 Å². The Morgan fingerprint density at radius 2 is 2.25 bits per heavy atom. The van der Waals surface area contributed by atoms with Gasteiger partial charge in [-0.2, -0.15) is 0 Å². The molecule has 16 heavy (non-hydrogen) atoms. The third-order valence-electron chi connectivity index (χ3n) is 3.02. The van der Waals surface area contributed by atoms with Crippen LogP contribution in [-0.4, -0.2) is 10.1 Å². The van der Waals surface area contributed by atoms with E-state index in [1.165, 1.54) is 18.4 Å². The molecule has 0 saturated carbocycles. The molecule has 2 N–H and O–H groups in total. The number of nitrogen functional groups attached to an aromatic ring is 1. The van der Waals surface area contributed by atoms with Crippen LogP contribution >= 0.6 is 0 Å². The van der Waals surface area contributed by atoms with Crippen LogP contribution in [0.2, 0.25) is 0 Å². The van der Waals surface area contributed by atoms with Gasteiger partial charge in [0.1, 0.15) is 0 Å². The van der Waals surface area contributed by atoms with Crippen molar-refractivity contribution in [2.24, 2.45) is 0 Å². The van der Waals surface area contributed by atoms with E-state index in [0.717, 1.165) is 23.8 Å². The minimum atomic E-state index is 0.417. The molecule has 4 heteroatoms. The van der Waals surface area contributed by atoms with Crippen LogP contribution in [0, 0.1) is 0 Å². The van der Waals surface area contributed by atoms with Crippen LogP contribution in [0.4, 0.5) is 5.82 Å². The molecule has 0 atom stereocenters. The van der Waals surface area contributed by atoms with E-state index in [0.29, 0.717) is 11.5 Å². The molecule has 0 amide bonds. The summed E-state index contributed by atoms with van der Waals surface area (Å²) in [5.41, 5.74) is 8.73. The number of allylic oxidation sites excluding steroid dienone is 2. The van der Waals surface area contributed by atoms with Crippen molar-refractivity contribution in [1.29, 1.82) is 0 Å². The molecule has 2 heterocycles. The molecular formula is C12H13N3O. The summed E-state index contributed by atoms with van der Waals surface area (Å²) in [6.07, 6.45) is 8.95. The Labute approximate surface area is 93.1 Å². The molecule has 0 aliphatic heterocycles. The lowest BCUT2D eigenvalue weighted by Gasteiger charge is -2.12. The fraction of sp³-hybridized carbons (Fsp3) is 0.333. The fourth-order valence-corrected chi connectivity index (χ4v) is 2.13. The summed E-state index contributed by atoms with van der Waals surface area (Å²) in [5, 5.41) is 4.51. The number of hydrogen-bond acceptors (Lipinski definition) is 4. The van der Waals surface area contributed by atoms with E-state index in [-0.39, 0.29) is 0 Å². The predicted octanol–water partition coefficient (Wildman–Crippen LogP) is 2.76. The van der Waals surface area contributed by atoms with Crippen molar-refractivity contribution in [2.75, 3.05) is 5.73 Å². The van der Waals surface area contributed by atoms with E-state index in [4.69, 9.17) is 10.3 Å². The fourth-order valence-electron chi connectivity index (χ4n) is 2.13. The molecule has 0 bridgehead atoms. The van der Waals surface area contributed by atoms with E-state index in [1.807, 2.05) is 12.3 Å². The van der Waals surface area contributed by atoms with E-state index < -0.39 is 0 Å². The molecule has 0 aromatic carbocycles. The Bertz CT molecular complexity index is 556. The highest BCUT2D eigenvalue weighted by Crippen LogP contribution is 2.29. The number of pyridine rings is 1. The van der Waals surface area contributed by atoms with Crippen molar-refractivity contribution in [2.45, 2.75) is 25.7 Å². The van der Waals surface area contributed by atoms with Gasteiger partial charge in [0.15, 0.2) is 5.82 Å². The first-order chi connectivity index (χ1) is 7.84. The zero-order valence-electron chi connectivity index (χ0n) is 8.94. The van der Waals surface area contributed by atoms with Gasteiger partial charge in [-0.15, -0.1) is 0 Å². The van der Waals surface area contributed by atoms with Crippen molar-refractivity contribution < 1.29 is 4.52 Å². The normalized spacial score (nSPS) is 16.4. The highest BCUT2D eigenvalue weighted by molar-refractivity contribution is 5.87. The summed E-state index contributed by atoms with van der Waals surface area (Å²) in [7, 11) is 0. The maximum atomic E-state index is 5.71. The van der Waals surface area contributed by atoms with E-state index in [2.05, 4.69) is 16.2 Å². The van der Waals surface area contributed by atoms with Gasteiger partial charge >= 0.3 is 0 Å². The number of rotatable bonds is 1. The Morgan fingerprint density at radius 3 is 3.06 bits per heavy atom. The third kappa shape index (κ3) is 1.46. The molecule has 3 rings (SSSR count). The second kappa shape index (κ2) is 3.63. The largest absolute Gasteiger partial charge is 0.380 e. The van der Waals surface area contributed by atoms with Gasteiger partial charge in [-0.25, -0.2) is 4.98 Å². The van der Waals surface area contributed by atoms with Gasteiger partial charge in [-0.1, -0.05) is 11.2 Å². The van der Waals surface area contributed by atoms with E-state index >= 15 is 0 Å². The Morgan fingerprint density at radius 1 is 1.31 bits per heavy atom. The highest BCUT2D eigenvalue weighted by Gasteiger charge is 2.11. The van der Waals surface area contributed by atoms with Crippen molar-refractivity contribution in [1.82, 2.24) is 10.1 Å². The molecular weight excluding hydrogens is 202 g/mol. The van der Waals surface area contributed by atoms with Gasteiger partial charge in [0.05, 0.1) is 5.39 Å². The lowest BCUT2D eigenvalue weighted by atomic mass is 9.94. The quantitative estimate of drug-likeness (QED) is 0.794. The predicted molar refractivity (Wildman–Crippen MR) is 62.7 cm³/mol. The Kier molecular flexibility index (Phi) is 2.13. The summed E-state index contributed by atoms with van der Waals surface area (Å²) >= 11 is 0. The maximum absolute atomic E-state index is 5.71. The molecule has 0 radical (unpaired) electrons. The van der Waals surface area contributed by atoms with Gasteiger partial charge in [-0.05, 0) is 42.9 Å². The van der Waals surface area contributed by atoms with Gasteiger partial charge < -0.3 is 10.3 Å². The van der Waals surface area contributed by atoms with Crippen LogP contribution in [0.1, 0.15) is 31.2 Å². The Balaban J connectivity index is 2.10. The molecule has 0 saturated heterocycles. The van der Waals surface area contributed by atoms with Crippen LogP contribution in [-0.2, 0) is 0 Å². The molecule has 2 aromatic heterocycles. The summed E-state index contributed by atoms with van der Waals surface area (Å²) in [5.74, 6) is 0.417. The number of hydrogen-bond donors (Lipinski definition) is 1. The monoisotopic (exact) mass is 215 g/mol. The molecule has 1 aliphatic rings. The van der Waals surface area contributed by atoms with Crippen molar-refractivity contribution in [3.8, 4) is 0 Å². The molecule has 0 spiro atoms. The molecule has 2 aromatic rings. The van der Waals surface area contributed by atoms with Gasteiger partial charge in [0, 0.05) is 6.20 Å². The summed E-state index contributed by atoms with van der Waals surface area (Å²) in [6.45, 7) is 0. The molecule has 0 fully saturated rings. The standard InChI is InChI=1S/C12H13N3O/c13-11-10-6-9(7-14-12(10)16-15-11)8-4-2-1-3-5-8/h4,6-7H,1-3,5H2,(H2,13,15). The van der Waals surface area contributed by atoms with E-state index in [9.17, 15) is 0 Å². The number of anilines is 1. The molecule has 4 nitrogen and oxygen atoms in total. The zero-order valence-corrected chi connectivity index (χ0v) is 8.94. The number of nitrogens with zero attached hydrogens (tertiary/aromatic N) is 2. The lowest BCUT2D eigenvalue weighted by Crippen LogP contribution is -1.93. The summed E-state index contributed by atoms with van der Waals surface area (Å²) < 4.78 is 4.99. The van der Waals surface area contributed by atoms with Gasteiger partial charge in [0.25, 0.3) is 5.71 Å².